The van der Waals surface area contributed by atoms with Crippen molar-refractivity contribution in [2.75, 3.05) is 13.7 Å². The van der Waals surface area contributed by atoms with Crippen LogP contribution in [0.4, 0.5) is 0 Å². The SMILES string of the molecule is CO[N+]1=C(c2cccc(Cl)c2)CC(C)(C)C1. The van der Waals surface area contributed by atoms with Crippen LogP contribution in [0.25, 0.3) is 0 Å². The third kappa shape index (κ3) is 2.22. The number of halogens is 1. The second kappa shape index (κ2) is 4.10. The maximum absolute atomic E-state index is 6.01. The van der Waals surface area contributed by atoms with E-state index in [0.717, 1.165) is 23.6 Å². The van der Waals surface area contributed by atoms with Crippen molar-refractivity contribution in [3.05, 3.63) is 34.9 Å². The van der Waals surface area contributed by atoms with Gasteiger partial charge in [-0.2, -0.15) is 0 Å². The molecule has 1 aromatic rings. The molecule has 0 aliphatic carbocycles. The quantitative estimate of drug-likeness (QED) is 0.721. The maximum atomic E-state index is 6.01. The highest BCUT2D eigenvalue weighted by Gasteiger charge is 2.40. The Morgan fingerprint density at radius 2 is 2.12 bits per heavy atom. The van der Waals surface area contributed by atoms with Crippen molar-refractivity contribution >= 4 is 17.3 Å². The van der Waals surface area contributed by atoms with Crippen LogP contribution in [0.2, 0.25) is 5.02 Å². The summed E-state index contributed by atoms with van der Waals surface area (Å²) in [6.45, 7) is 5.42. The van der Waals surface area contributed by atoms with Gasteiger partial charge in [0.2, 0.25) is 5.71 Å². The first-order valence-corrected chi connectivity index (χ1v) is 5.83. The summed E-state index contributed by atoms with van der Waals surface area (Å²) >= 11 is 6.01. The third-order valence-corrected chi connectivity index (χ3v) is 3.13. The lowest BCUT2D eigenvalue weighted by Gasteiger charge is -2.09. The van der Waals surface area contributed by atoms with Gasteiger partial charge in [-0.25, -0.2) is 0 Å². The normalized spacial score (nSPS) is 19.0. The van der Waals surface area contributed by atoms with Crippen LogP contribution < -0.4 is 0 Å². The first-order chi connectivity index (χ1) is 7.52. The number of rotatable bonds is 2. The van der Waals surface area contributed by atoms with Crippen LogP contribution in [0, 0.1) is 5.41 Å². The zero-order valence-electron chi connectivity index (χ0n) is 9.96. The van der Waals surface area contributed by atoms with Gasteiger partial charge in [-0.3, -0.25) is 4.84 Å². The third-order valence-electron chi connectivity index (χ3n) is 2.90. The Kier molecular flexibility index (Phi) is 2.94. The van der Waals surface area contributed by atoms with Gasteiger partial charge in [0.1, 0.15) is 7.11 Å². The number of hydroxylamine groups is 1. The van der Waals surface area contributed by atoms with Crippen LogP contribution in [-0.2, 0) is 4.84 Å². The molecule has 3 heteroatoms. The molecule has 0 aromatic heterocycles. The molecule has 0 saturated carbocycles. The minimum Gasteiger partial charge on any atom is -0.280 e. The van der Waals surface area contributed by atoms with E-state index in [-0.39, 0.29) is 5.41 Å². The molecule has 1 heterocycles. The van der Waals surface area contributed by atoms with Crippen molar-refractivity contribution in [1.29, 1.82) is 0 Å². The number of hydrogen-bond donors (Lipinski definition) is 0. The molecule has 1 aliphatic rings. The van der Waals surface area contributed by atoms with E-state index >= 15 is 0 Å². The van der Waals surface area contributed by atoms with Gasteiger partial charge in [0.25, 0.3) is 0 Å². The minimum atomic E-state index is 0.258. The summed E-state index contributed by atoms with van der Waals surface area (Å²) in [4.78, 5) is 5.41. The summed E-state index contributed by atoms with van der Waals surface area (Å²) in [7, 11) is 1.71. The highest BCUT2D eigenvalue weighted by molar-refractivity contribution is 6.31. The smallest absolute Gasteiger partial charge is 0.235 e. The topological polar surface area (TPSA) is 12.2 Å². The molecule has 2 rings (SSSR count). The molecule has 0 saturated heterocycles. The molecule has 86 valence electrons. The van der Waals surface area contributed by atoms with Gasteiger partial charge < -0.3 is 0 Å². The molecule has 0 amide bonds. The first kappa shape index (κ1) is 11.5. The zero-order chi connectivity index (χ0) is 11.8. The van der Waals surface area contributed by atoms with Crippen LogP contribution in [0.15, 0.2) is 24.3 Å². The van der Waals surface area contributed by atoms with Gasteiger partial charge in [0, 0.05) is 22.4 Å². The Morgan fingerprint density at radius 3 is 2.75 bits per heavy atom. The fraction of sp³-hybridized carbons (Fsp3) is 0.462. The predicted molar refractivity (Wildman–Crippen MR) is 66.1 cm³/mol. The largest absolute Gasteiger partial charge is 0.280 e. The van der Waals surface area contributed by atoms with Gasteiger partial charge in [0.15, 0.2) is 6.54 Å². The van der Waals surface area contributed by atoms with Gasteiger partial charge in [0.05, 0.1) is 0 Å². The molecule has 0 fully saturated rings. The van der Waals surface area contributed by atoms with E-state index in [9.17, 15) is 0 Å². The molecule has 0 spiro atoms. The van der Waals surface area contributed by atoms with E-state index in [1.807, 2.05) is 22.9 Å². The van der Waals surface area contributed by atoms with Gasteiger partial charge >= 0.3 is 0 Å². The lowest BCUT2D eigenvalue weighted by molar-refractivity contribution is -0.779. The monoisotopic (exact) mass is 238 g/mol. The minimum absolute atomic E-state index is 0.258. The molecule has 0 N–H and O–H groups in total. The average Bonchev–Trinajstić information content (AvgIpc) is 2.54. The highest BCUT2D eigenvalue weighted by atomic mass is 35.5. The van der Waals surface area contributed by atoms with Crippen molar-refractivity contribution < 1.29 is 9.58 Å². The van der Waals surface area contributed by atoms with Crippen LogP contribution >= 0.6 is 11.6 Å². The Balaban J connectivity index is 2.39. The lowest BCUT2D eigenvalue weighted by atomic mass is 9.88. The number of nitrogens with zero attached hydrogens (tertiary/aromatic N) is 1. The summed E-state index contributed by atoms with van der Waals surface area (Å²) < 4.78 is 1.96. The van der Waals surface area contributed by atoms with Crippen LogP contribution in [-0.4, -0.2) is 24.1 Å². The summed E-state index contributed by atoms with van der Waals surface area (Å²) in [5, 5.41) is 0.769. The van der Waals surface area contributed by atoms with Crippen LogP contribution in [0.5, 0.6) is 0 Å². The van der Waals surface area contributed by atoms with E-state index in [0.29, 0.717) is 0 Å². The number of benzene rings is 1. The molecular weight excluding hydrogens is 222 g/mol. The van der Waals surface area contributed by atoms with E-state index < -0.39 is 0 Å². The van der Waals surface area contributed by atoms with Crippen molar-refractivity contribution in [2.45, 2.75) is 20.3 Å². The van der Waals surface area contributed by atoms with E-state index in [2.05, 4.69) is 19.9 Å². The molecule has 1 aromatic carbocycles. The Bertz CT molecular complexity index is 437. The fourth-order valence-electron chi connectivity index (χ4n) is 2.17. The standard InChI is InChI=1S/C13H17ClNO/c1-13(2)8-12(15(9-13)16-3)10-5-4-6-11(14)7-10/h4-7H,8-9H2,1-3H3/q+1. The second-order valence-electron chi connectivity index (χ2n) is 5.02. The molecule has 1 aliphatic heterocycles. The van der Waals surface area contributed by atoms with E-state index in [1.165, 1.54) is 5.71 Å². The first-order valence-electron chi connectivity index (χ1n) is 5.45. The van der Waals surface area contributed by atoms with Gasteiger partial charge in [-0.15, -0.1) is 0 Å². The maximum Gasteiger partial charge on any atom is 0.235 e. The predicted octanol–water partition coefficient (Wildman–Crippen LogP) is 3.13. The molecule has 0 atom stereocenters. The molecule has 16 heavy (non-hydrogen) atoms. The van der Waals surface area contributed by atoms with Crippen molar-refractivity contribution in [3.8, 4) is 0 Å². The Morgan fingerprint density at radius 1 is 1.38 bits per heavy atom. The lowest BCUT2D eigenvalue weighted by Crippen LogP contribution is -2.18. The molecular formula is C13H17ClNO+. The Labute approximate surface area is 101 Å². The fourth-order valence-corrected chi connectivity index (χ4v) is 2.36. The summed E-state index contributed by atoms with van der Waals surface area (Å²) in [5.41, 5.74) is 2.63. The average molecular weight is 239 g/mol. The molecule has 2 nitrogen and oxygen atoms in total. The van der Waals surface area contributed by atoms with Gasteiger partial charge in [-0.05, 0) is 22.9 Å². The summed E-state index contributed by atoms with van der Waals surface area (Å²) in [5.74, 6) is 0. The van der Waals surface area contributed by atoms with Crippen molar-refractivity contribution in [1.82, 2.24) is 0 Å². The summed E-state index contributed by atoms with van der Waals surface area (Å²) in [6.07, 6.45) is 1.02. The van der Waals surface area contributed by atoms with Crippen LogP contribution in [0.3, 0.4) is 0 Å². The zero-order valence-corrected chi connectivity index (χ0v) is 10.7. The number of hydrogen-bond acceptors (Lipinski definition) is 1. The van der Waals surface area contributed by atoms with Gasteiger partial charge in [-0.1, -0.05) is 31.5 Å². The second-order valence-corrected chi connectivity index (χ2v) is 5.45. The van der Waals surface area contributed by atoms with Crippen molar-refractivity contribution in [3.63, 3.8) is 0 Å². The molecule has 0 radical (unpaired) electrons. The van der Waals surface area contributed by atoms with Crippen molar-refractivity contribution in [2.24, 2.45) is 5.41 Å². The van der Waals surface area contributed by atoms with E-state index in [1.54, 1.807) is 7.11 Å². The highest BCUT2D eigenvalue weighted by Crippen LogP contribution is 2.30. The van der Waals surface area contributed by atoms with E-state index in [4.69, 9.17) is 16.4 Å². The molecule has 0 unspecified atom stereocenters. The Hall–Kier alpha value is -1.02. The summed E-state index contributed by atoms with van der Waals surface area (Å²) in [6, 6.07) is 7.94. The molecule has 0 bridgehead atoms. The van der Waals surface area contributed by atoms with Crippen LogP contribution in [0.1, 0.15) is 25.8 Å².